The third-order valence-electron chi connectivity index (χ3n) is 3.40. The molecule has 24 heavy (non-hydrogen) atoms. The van der Waals surface area contributed by atoms with Crippen LogP contribution in [0.4, 0.5) is 8.78 Å². The van der Waals surface area contributed by atoms with Crippen LogP contribution in [0.2, 0.25) is 0 Å². The van der Waals surface area contributed by atoms with Crippen LogP contribution < -0.4 is 10.6 Å². The fourth-order valence-corrected chi connectivity index (χ4v) is 2.40. The molecule has 5 nitrogen and oxygen atoms in total. The van der Waals surface area contributed by atoms with E-state index in [0.717, 1.165) is 22.6 Å². The first-order valence-electron chi connectivity index (χ1n) is 7.93. The number of hydrogen-bond donors (Lipinski definition) is 2. The number of aromatic nitrogens is 2. The monoisotopic (exact) mass is 335 g/mol. The number of aliphatic imine (C=N–C) groups is 1. The van der Waals surface area contributed by atoms with Gasteiger partial charge in [-0.25, -0.2) is 18.5 Å². The summed E-state index contributed by atoms with van der Waals surface area (Å²) in [6.07, 6.45) is -2.42. The summed E-state index contributed by atoms with van der Waals surface area (Å²) in [5.74, 6) is 0.376. The molecule has 1 heterocycles. The number of halogens is 2. The summed E-state index contributed by atoms with van der Waals surface area (Å²) in [4.78, 5) is 4.40. The number of para-hydroxylation sites is 1. The highest BCUT2D eigenvalue weighted by molar-refractivity contribution is 5.79. The second kappa shape index (κ2) is 8.42. The molecule has 0 radical (unpaired) electrons. The molecule has 0 unspecified atom stereocenters. The summed E-state index contributed by atoms with van der Waals surface area (Å²) in [7, 11) is 0. The van der Waals surface area contributed by atoms with Gasteiger partial charge in [0.05, 0.1) is 24.5 Å². The smallest absolute Gasteiger partial charge is 0.255 e. The Hall–Kier alpha value is -2.44. The summed E-state index contributed by atoms with van der Waals surface area (Å²) in [6, 6.07) is 9.82. The van der Waals surface area contributed by atoms with Crippen LogP contribution in [0.5, 0.6) is 0 Å². The van der Waals surface area contributed by atoms with Crippen molar-refractivity contribution in [2.75, 3.05) is 13.1 Å². The Bertz CT molecular complexity index is 694. The van der Waals surface area contributed by atoms with E-state index in [1.165, 1.54) is 0 Å². The number of hydrogen-bond acceptors (Lipinski definition) is 2. The first-order valence-corrected chi connectivity index (χ1v) is 7.93. The molecule has 2 aromatic rings. The lowest BCUT2D eigenvalue weighted by atomic mass is 10.2. The van der Waals surface area contributed by atoms with Crippen LogP contribution >= 0.6 is 0 Å². The van der Waals surface area contributed by atoms with Gasteiger partial charge in [0.2, 0.25) is 0 Å². The third kappa shape index (κ3) is 4.78. The van der Waals surface area contributed by atoms with Crippen LogP contribution in [0.25, 0.3) is 5.69 Å². The first-order chi connectivity index (χ1) is 11.5. The van der Waals surface area contributed by atoms with Gasteiger partial charge in [0, 0.05) is 12.2 Å². The van der Waals surface area contributed by atoms with Crippen LogP contribution in [0.3, 0.4) is 0 Å². The van der Waals surface area contributed by atoms with Gasteiger partial charge >= 0.3 is 0 Å². The Morgan fingerprint density at radius 2 is 2.00 bits per heavy atom. The van der Waals surface area contributed by atoms with Gasteiger partial charge in [-0.3, -0.25) is 0 Å². The predicted molar refractivity (Wildman–Crippen MR) is 91.9 cm³/mol. The number of guanidine groups is 1. The molecule has 0 aliphatic carbocycles. The lowest BCUT2D eigenvalue weighted by Crippen LogP contribution is -2.39. The quantitative estimate of drug-likeness (QED) is 0.630. The highest BCUT2D eigenvalue weighted by atomic mass is 19.3. The largest absolute Gasteiger partial charge is 0.357 e. The maximum atomic E-state index is 12.4. The van der Waals surface area contributed by atoms with Gasteiger partial charge in [0.1, 0.15) is 0 Å². The lowest BCUT2D eigenvalue weighted by Gasteiger charge is -2.13. The van der Waals surface area contributed by atoms with Gasteiger partial charge in [0.15, 0.2) is 5.96 Å². The topological polar surface area (TPSA) is 54.2 Å². The molecule has 1 aromatic carbocycles. The molecule has 0 atom stereocenters. The van der Waals surface area contributed by atoms with Gasteiger partial charge in [-0.15, -0.1) is 0 Å². The zero-order valence-corrected chi connectivity index (χ0v) is 14.2. The molecule has 0 saturated carbocycles. The molecule has 0 aliphatic rings. The highest BCUT2D eigenvalue weighted by Crippen LogP contribution is 2.17. The Balaban J connectivity index is 2.22. The van der Waals surface area contributed by atoms with Crippen LogP contribution in [0, 0.1) is 13.8 Å². The van der Waals surface area contributed by atoms with Crippen LogP contribution in [-0.2, 0) is 6.54 Å². The number of benzene rings is 1. The van der Waals surface area contributed by atoms with E-state index in [9.17, 15) is 8.78 Å². The molecule has 0 fully saturated rings. The van der Waals surface area contributed by atoms with E-state index in [-0.39, 0.29) is 0 Å². The second-order valence-electron chi connectivity index (χ2n) is 5.43. The van der Waals surface area contributed by atoms with E-state index >= 15 is 0 Å². The zero-order valence-electron chi connectivity index (χ0n) is 14.2. The van der Waals surface area contributed by atoms with Crippen LogP contribution in [-0.4, -0.2) is 35.3 Å². The molecule has 0 saturated heterocycles. The summed E-state index contributed by atoms with van der Waals surface area (Å²) < 4.78 is 26.6. The minimum absolute atomic E-state index is 0.368. The molecule has 2 rings (SSSR count). The standard InChI is InChI=1S/C17H23F2N5/c1-4-20-17(22-11-16(18)19)21-10-14-7-5-6-8-15(14)24-13(3)9-12(2)23-24/h5-9,16H,4,10-11H2,1-3H3,(H2,20,21,22). The molecule has 7 heteroatoms. The molecule has 0 spiro atoms. The van der Waals surface area contributed by atoms with Crippen LogP contribution in [0.15, 0.2) is 35.3 Å². The molecule has 0 bridgehead atoms. The SMILES string of the molecule is CCNC(=NCc1ccccc1-n1nc(C)cc1C)NCC(F)F. The Labute approximate surface area is 140 Å². The Kier molecular flexibility index (Phi) is 6.28. The number of rotatable bonds is 6. The minimum Gasteiger partial charge on any atom is -0.357 e. The molecule has 130 valence electrons. The number of aryl methyl sites for hydroxylation is 2. The second-order valence-corrected chi connectivity index (χ2v) is 5.43. The summed E-state index contributed by atoms with van der Waals surface area (Å²) in [5, 5.41) is 10.1. The van der Waals surface area contributed by atoms with Gasteiger partial charge in [-0.1, -0.05) is 18.2 Å². The summed E-state index contributed by atoms with van der Waals surface area (Å²) in [5.41, 5.74) is 3.89. The fraction of sp³-hybridized carbons (Fsp3) is 0.412. The Morgan fingerprint density at radius 1 is 1.25 bits per heavy atom. The van der Waals surface area contributed by atoms with E-state index < -0.39 is 13.0 Å². The molecule has 0 aliphatic heterocycles. The van der Waals surface area contributed by atoms with Gasteiger partial charge in [0.25, 0.3) is 6.43 Å². The van der Waals surface area contributed by atoms with Crippen LogP contribution in [0.1, 0.15) is 23.9 Å². The van der Waals surface area contributed by atoms with Crippen molar-refractivity contribution in [2.24, 2.45) is 4.99 Å². The van der Waals surface area contributed by atoms with E-state index in [0.29, 0.717) is 19.0 Å². The van der Waals surface area contributed by atoms with Crippen molar-refractivity contribution in [1.29, 1.82) is 0 Å². The zero-order chi connectivity index (χ0) is 17.5. The highest BCUT2D eigenvalue weighted by Gasteiger charge is 2.09. The molecule has 1 aromatic heterocycles. The fourth-order valence-electron chi connectivity index (χ4n) is 2.40. The van der Waals surface area contributed by atoms with Crippen molar-refractivity contribution < 1.29 is 8.78 Å². The normalized spacial score (nSPS) is 11.8. The Morgan fingerprint density at radius 3 is 2.62 bits per heavy atom. The van der Waals surface area contributed by atoms with Gasteiger partial charge in [-0.05, 0) is 38.5 Å². The van der Waals surface area contributed by atoms with E-state index in [2.05, 4.69) is 20.7 Å². The summed E-state index contributed by atoms with van der Waals surface area (Å²) in [6.45, 7) is 6.38. The number of nitrogens with one attached hydrogen (secondary N) is 2. The maximum Gasteiger partial charge on any atom is 0.255 e. The van der Waals surface area contributed by atoms with Crippen molar-refractivity contribution in [2.45, 2.75) is 33.7 Å². The van der Waals surface area contributed by atoms with Crippen molar-refractivity contribution in [3.8, 4) is 5.69 Å². The molecular weight excluding hydrogens is 312 g/mol. The first kappa shape index (κ1) is 17.9. The molecule has 2 N–H and O–H groups in total. The summed E-state index contributed by atoms with van der Waals surface area (Å²) >= 11 is 0. The van der Waals surface area contributed by atoms with Gasteiger partial charge < -0.3 is 10.6 Å². The lowest BCUT2D eigenvalue weighted by molar-refractivity contribution is 0.152. The van der Waals surface area contributed by atoms with E-state index in [1.54, 1.807) is 0 Å². The van der Waals surface area contributed by atoms with Crippen molar-refractivity contribution >= 4 is 5.96 Å². The van der Waals surface area contributed by atoms with Crippen molar-refractivity contribution in [1.82, 2.24) is 20.4 Å². The number of alkyl halides is 2. The van der Waals surface area contributed by atoms with Crippen molar-refractivity contribution in [3.63, 3.8) is 0 Å². The minimum atomic E-state index is -2.42. The predicted octanol–water partition coefficient (Wildman–Crippen LogP) is 2.81. The van der Waals surface area contributed by atoms with Gasteiger partial charge in [-0.2, -0.15) is 5.10 Å². The third-order valence-corrected chi connectivity index (χ3v) is 3.40. The van der Waals surface area contributed by atoms with Crippen molar-refractivity contribution in [3.05, 3.63) is 47.3 Å². The average molecular weight is 335 g/mol. The number of nitrogens with zero attached hydrogens (tertiary/aromatic N) is 3. The molecular formula is C17H23F2N5. The maximum absolute atomic E-state index is 12.4. The van der Waals surface area contributed by atoms with E-state index in [4.69, 9.17) is 0 Å². The van der Waals surface area contributed by atoms with E-state index in [1.807, 2.05) is 55.8 Å². The average Bonchev–Trinajstić information content (AvgIpc) is 2.88. The molecule has 0 amide bonds.